The summed E-state index contributed by atoms with van der Waals surface area (Å²) < 4.78 is 14.7. The molecule has 4 nitrogen and oxygen atoms in total. The fourth-order valence-electron chi connectivity index (χ4n) is 4.64. The number of nitrogens with one attached hydrogen (secondary N) is 1. The molecule has 0 aromatic heterocycles. The number of carbonyl (C=O) groups excluding carboxylic acids is 1. The summed E-state index contributed by atoms with van der Waals surface area (Å²) in [5, 5.41) is 12.7. The molecule has 2 aromatic carbocycles. The summed E-state index contributed by atoms with van der Waals surface area (Å²) in [5.41, 5.74) is 1.20. The van der Waals surface area contributed by atoms with Gasteiger partial charge in [-0.25, -0.2) is 4.39 Å². The molecule has 2 aromatic rings. The highest BCUT2D eigenvalue weighted by Crippen LogP contribution is 2.48. The van der Waals surface area contributed by atoms with Crippen molar-refractivity contribution in [3.05, 3.63) is 64.4 Å². The molecular weight excluding hydrogens is 405 g/mol. The number of aliphatic carboxylic acids is 1. The molecule has 2 saturated carbocycles. The molecule has 0 aliphatic heterocycles. The van der Waals surface area contributed by atoms with Gasteiger partial charge in [0.25, 0.3) is 0 Å². The molecule has 2 aliphatic carbocycles. The number of carbonyl (C=O) groups is 2. The van der Waals surface area contributed by atoms with E-state index in [1.165, 1.54) is 6.07 Å². The van der Waals surface area contributed by atoms with Crippen LogP contribution in [0.4, 0.5) is 10.1 Å². The predicted octanol–water partition coefficient (Wildman–Crippen LogP) is 5.80. The zero-order chi connectivity index (χ0) is 21.3. The standard InChI is InChI=1S/C24H25ClFNO3/c25-17-8-9-19(20(26)13-17)21(16-5-1-2-6-16)22(28)27-18-7-3-4-15(12-18)14-24(10-11-24)23(29)30/h3-4,7-9,12-13,16,21H,1-2,5-6,10-11,14H2,(H,27,28)(H,29,30)/t21-/m1/s1. The maximum atomic E-state index is 14.7. The van der Waals surface area contributed by atoms with Crippen LogP contribution < -0.4 is 5.32 Å². The van der Waals surface area contributed by atoms with Crippen LogP contribution in [0.15, 0.2) is 42.5 Å². The van der Waals surface area contributed by atoms with E-state index < -0.39 is 23.1 Å². The molecule has 0 radical (unpaired) electrons. The lowest BCUT2D eigenvalue weighted by Crippen LogP contribution is -2.27. The van der Waals surface area contributed by atoms with Crippen LogP contribution >= 0.6 is 11.6 Å². The Morgan fingerprint density at radius 1 is 1.17 bits per heavy atom. The average Bonchev–Trinajstić information content (AvgIpc) is 3.28. The van der Waals surface area contributed by atoms with Crippen LogP contribution in [0, 0.1) is 17.2 Å². The van der Waals surface area contributed by atoms with Crippen LogP contribution in [0.3, 0.4) is 0 Å². The quantitative estimate of drug-likeness (QED) is 0.584. The number of benzene rings is 2. The third-order valence-electron chi connectivity index (χ3n) is 6.50. The number of carboxylic acids is 1. The molecule has 0 bridgehead atoms. The largest absolute Gasteiger partial charge is 0.481 e. The lowest BCUT2D eigenvalue weighted by Gasteiger charge is -2.24. The number of anilines is 1. The minimum Gasteiger partial charge on any atom is -0.481 e. The second-order valence-electron chi connectivity index (χ2n) is 8.64. The van der Waals surface area contributed by atoms with Crippen molar-refractivity contribution >= 4 is 29.2 Å². The topological polar surface area (TPSA) is 66.4 Å². The van der Waals surface area contributed by atoms with Gasteiger partial charge in [-0.1, -0.05) is 42.6 Å². The Balaban J connectivity index is 1.55. The van der Waals surface area contributed by atoms with Gasteiger partial charge in [0.2, 0.25) is 5.91 Å². The highest BCUT2D eigenvalue weighted by atomic mass is 35.5. The number of hydrogen-bond acceptors (Lipinski definition) is 2. The van der Waals surface area contributed by atoms with Crippen molar-refractivity contribution < 1.29 is 19.1 Å². The lowest BCUT2D eigenvalue weighted by molar-refractivity contribution is -0.143. The monoisotopic (exact) mass is 429 g/mol. The van der Waals surface area contributed by atoms with Crippen molar-refractivity contribution in [1.29, 1.82) is 0 Å². The minimum absolute atomic E-state index is 0.0885. The molecular formula is C24H25ClFNO3. The Morgan fingerprint density at radius 3 is 2.53 bits per heavy atom. The number of halogens is 2. The van der Waals surface area contributed by atoms with Crippen LogP contribution in [0.25, 0.3) is 0 Å². The van der Waals surface area contributed by atoms with Gasteiger partial charge >= 0.3 is 5.97 Å². The van der Waals surface area contributed by atoms with Gasteiger partial charge in [-0.3, -0.25) is 9.59 Å². The first-order valence-corrected chi connectivity index (χ1v) is 10.8. The fraction of sp³-hybridized carbons (Fsp3) is 0.417. The summed E-state index contributed by atoms with van der Waals surface area (Å²) in [7, 11) is 0. The molecule has 158 valence electrons. The normalized spacial score (nSPS) is 18.7. The summed E-state index contributed by atoms with van der Waals surface area (Å²) in [6, 6.07) is 11.8. The Hall–Kier alpha value is -2.40. The molecule has 30 heavy (non-hydrogen) atoms. The van der Waals surface area contributed by atoms with Crippen molar-refractivity contribution in [2.75, 3.05) is 5.32 Å². The Kier molecular flexibility index (Phi) is 5.83. The SMILES string of the molecule is O=C(Nc1cccc(CC2(C(=O)O)CC2)c1)[C@@H](c1ccc(Cl)cc1F)C1CCCC1. The first-order chi connectivity index (χ1) is 14.4. The van der Waals surface area contributed by atoms with Crippen LogP contribution in [0.1, 0.15) is 55.6 Å². The Morgan fingerprint density at radius 2 is 1.90 bits per heavy atom. The maximum Gasteiger partial charge on any atom is 0.309 e. The summed E-state index contributed by atoms with van der Waals surface area (Å²) >= 11 is 5.91. The molecule has 0 heterocycles. The third kappa shape index (κ3) is 4.36. The minimum atomic E-state index is -0.767. The van der Waals surface area contributed by atoms with E-state index in [0.29, 0.717) is 35.5 Å². The lowest BCUT2D eigenvalue weighted by atomic mass is 9.83. The molecule has 2 fully saturated rings. The first kappa shape index (κ1) is 20.9. The molecule has 0 unspecified atom stereocenters. The van der Waals surface area contributed by atoms with E-state index in [1.807, 2.05) is 18.2 Å². The highest BCUT2D eigenvalue weighted by molar-refractivity contribution is 6.30. The van der Waals surface area contributed by atoms with Crippen molar-refractivity contribution in [1.82, 2.24) is 0 Å². The molecule has 1 amide bonds. The molecule has 0 spiro atoms. The van der Waals surface area contributed by atoms with Crippen molar-refractivity contribution in [3.8, 4) is 0 Å². The Labute approximate surface area is 180 Å². The van der Waals surface area contributed by atoms with Crippen molar-refractivity contribution in [3.63, 3.8) is 0 Å². The third-order valence-corrected chi connectivity index (χ3v) is 6.73. The zero-order valence-electron chi connectivity index (χ0n) is 16.7. The van der Waals surface area contributed by atoms with Gasteiger partial charge in [0.15, 0.2) is 0 Å². The number of hydrogen-bond donors (Lipinski definition) is 2. The van der Waals surface area contributed by atoms with E-state index in [0.717, 1.165) is 31.2 Å². The first-order valence-electron chi connectivity index (χ1n) is 10.5. The van der Waals surface area contributed by atoms with Crippen LogP contribution in [0.5, 0.6) is 0 Å². The van der Waals surface area contributed by atoms with E-state index in [9.17, 15) is 19.1 Å². The summed E-state index contributed by atoms with van der Waals surface area (Å²) in [6.45, 7) is 0. The number of carboxylic acid groups (broad SMARTS) is 1. The molecule has 2 aliphatic rings. The van der Waals surface area contributed by atoms with Gasteiger partial charge in [0.1, 0.15) is 5.82 Å². The molecule has 2 N–H and O–H groups in total. The van der Waals surface area contributed by atoms with Gasteiger partial charge in [0.05, 0.1) is 11.3 Å². The molecule has 1 atom stereocenters. The molecule has 4 rings (SSSR count). The van der Waals surface area contributed by atoms with E-state index >= 15 is 0 Å². The van der Waals surface area contributed by atoms with Crippen molar-refractivity contribution in [2.24, 2.45) is 11.3 Å². The van der Waals surface area contributed by atoms with Gasteiger partial charge in [-0.15, -0.1) is 0 Å². The predicted molar refractivity (Wildman–Crippen MR) is 114 cm³/mol. The van der Waals surface area contributed by atoms with Crippen LogP contribution in [0.2, 0.25) is 5.02 Å². The van der Waals surface area contributed by atoms with Crippen LogP contribution in [-0.2, 0) is 16.0 Å². The van der Waals surface area contributed by atoms with Gasteiger partial charge < -0.3 is 10.4 Å². The Bertz CT molecular complexity index is 967. The van der Waals surface area contributed by atoms with Gasteiger partial charge in [-0.05, 0) is 67.9 Å². The summed E-state index contributed by atoms with van der Waals surface area (Å²) in [6.07, 6.45) is 5.66. The van der Waals surface area contributed by atoms with Gasteiger partial charge in [0, 0.05) is 16.3 Å². The van der Waals surface area contributed by atoms with Crippen LogP contribution in [-0.4, -0.2) is 17.0 Å². The number of amides is 1. The molecule has 0 saturated heterocycles. The van der Waals surface area contributed by atoms with E-state index in [2.05, 4.69) is 5.32 Å². The zero-order valence-corrected chi connectivity index (χ0v) is 17.4. The molecule has 6 heteroatoms. The second-order valence-corrected chi connectivity index (χ2v) is 9.08. The maximum absolute atomic E-state index is 14.7. The second kappa shape index (κ2) is 8.38. The fourth-order valence-corrected chi connectivity index (χ4v) is 4.80. The highest BCUT2D eigenvalue weighted by Gasteiger charge is 2.50. The van der Waals surface area contributed by atoms with E-state index in [1.54, 1.807) is 18.2 Å². The smallest absolute Gasteiger partial charge is 0.309 e. The van der Waals surface area contributed by atoms with Crippen molar-refractivity contribution in [2.45, 2.75) is 50.9 Å². The summed E-state index contributed by atoms with van der Waals surface area (Å²) in [4.78, 5) is 24.7. The van der Waals surface area contributed by atoms with E-state index in [-0.39, 0.29) is 11.8 Å². The van der Waals surface area contributed by atoms with Gasteiger partial charge in [-0.2, -0.15) is 0 Å². The van der Waals surface area contributed by atoms with E-state index in [4.69, 9.17) is 11.6 Å². The average molecular weight is 430 g/mol. The summed E-state index contributed by atoms with van der Waals surface area (Å²) in [5.74, 6) is -1.95. The number of rotatable bonds is 7.